The Balaban J connectivity index is 1.24. The van der Waals surface area contributed by atoms with Gasteiger partial charge in [-0.3, -0.25) is 0 Å². The quantitative estimate of drug-likeness (QED) is 0.177. The molecule has 0 saturated carbocycles. The minimum absolute atomic E-state index is 0.499. The van der Waals surface area contributed by atoms with Crippen LogP contribution in [0.5, 0.6) is 11.5 Å². The molecular formula is C47H30N4O. The van der Waals surface area contributed by atoms with Crippen LogP contribution in [-0.2, 0) is 5.41 Å². The maximum absolute atomic E-state index is 9.60. The molecule has 1 aliphatic rings. The second-order valence-electron chi connectivity index (χ2n) is 12.7. The molecule has 0 saturated heterocycles. The summed E-state index contributed by atoms with van der Waals surface area (Å²) in [4.78, 5) is 14.8. The highest BCUT2D eigenvalue weighted by Crippen LogP contribution is 2.57. The van der Waals surface area contributed by atoms with Gasteiger partial charge in [0, 0.05) is 33.4 Å². The van der Waals surface area contributed by atoms with E-state index in [9.17, 15) is 5.26 Å². The first-order chi connectivity index (χ1) is 25.7. The predicted molar refractivity (Wildman–Crippen MR) is 205 cm³/mol. The summed E-state index contributed by atoms with van der Waals surface area (Å²) >= 11 is 0. The average molecular weight is 667 g/mol. The first kappa shape index (κ1) is 30.9. The van der Waals surface area contributed by atoms with Gasteiger partial charge in [-0.15, -0.1) is 0 Å². The lowest BCUT2D eigenvalue weighted by molar-refractivity contribution is 0.436. The highest BCUT2D eigenvalue weighted by atomic mass is 16.5. The smallest absolute Gasteiger partial charge is 0.164 e. The maximum atomic E-state index is 9.60. The zero-order chi connectivity index (χ0) is 34.9. The zero-order valence-electron chi connectivity index (χ0n) is 28.0. The lowest BCUT2D eigenvalue weighted by atomic mass is 9.63. The number of ether oxygens (including phenoxy) is 1. The molecule has 0 amide bonds. The number of rotatable bonds is 6. The number of aromatic nitrogens is 3. The molecule has 0 aliphatic carbocycles. The van der Waals surface area contributed by atoms with Crippen molar-refractivity contribution in [1.82, 2.24) is 15.0 Å². The molecule has 2 heterocycles. The van der Waals surface area contributed by atoms with Crippen molar-refractivity contribution in [1.29, 1.82) is 5.26 Å². The molecule has 9 rings (SSSR count). The van der Waals surface area contributed by atoms with E-state index in [0.29, 0.717) is 23.0 Å². The Morgan fingerprint density at radius 1 is 0.442 bits per heavy atom. The van der Waals surface area contributed by atoms with Gasteiger partial charge in [0.25, 0.3) is 0 Å². The molecule has 5 heteroatoms. The van der Waals surface area contributed by atoms with Crippen LogP contribution in [0, 0.1) is 11.3 Å². The first-order valence-corrected chi connectivity index (χ1v) is 17.2. The van der Waals surface area contributed by atoms with Crippen molar-refractivity contribution in [2.45, 2.75) is 5.41 Å². The van der Waals surface area contributed by atoms with E-state index in [0.717, 1.165) is 61.6 Å². The summed E-state index contributed by atoms with van der Waals surface area (Å²) in [5, 5.41) is 9.60. The van der Waals surface area contributed by atoms with Gasteiger partial charge < -0.3 is 4.74 Å². The second-order valence-corrected chi connectivity index (χ2v) is 12.7. The van der Waals surface area contributed by atoms with E-state index in [2.05, 4.69) is 115 Å². The maximum Gasteiger partial charge on any atom is 0.164 e. The van der Waals surface area contributed by atoms with Gasteiger partial charge in [0.15, 0.2) is 17.5 Å². The van der Waals surface area contributed by atoms with Gasteiger partial charge in [0.1, 0.15) is 11.5 Å². The van der Waals surface area contributed by atoms with Crippen molar-refractivity contribution in [2.24, 2.45) is 0 Å². The number of benzene rings is 7. The third-order valence-electron chi connectivity index (χ3n) is 9.68. The highest BCUT2D eigenvalue weighted by Gasteiger charge is 2.45. The molecule has 0 unspecified atom stereocenters. The van der Waals surface area contributed by atoms with Gasteiger partial charge in [0.05, 0.1) is 17.0 Å². The predicted octanol–water partition coefficient (Wildman–Crippen LogP) is 10.9. The molecular weight excluding hydrogens is 637 g/mol. The van der Waals surface area contributed by atoms with Gasteiger partial charge in [0.2, 0.25) is 0 Å². The van der Waals surface area contributed by atoms with Crippen molar-refractivity contribution >= 4 is 0 Å². The zero-order valence-corrected chi connectivity index (χ0v) is 28.0. The van der Waals surface area contributed by atoms with E-state index in [4.69, 9.17) is 19.7 Å². The summed E-state index contributed by atoms with van der Waals surface area (Å²) in [5.74, 6) is 3.22. The lowest BCUT2D eigenvalue weighted by Crippen LogP contribution is -2.34. The summed E-state index contributed by atoms with van der Waals surface area (Å²) in [6.07, 6.45) is 0. The molecule has 0 atom stereocenters. The topological polar surface area (TPSA) is 71.7 Å². The van der Waals surface area contributed by atoms with Gasteiger partial charge in [-0.05, 0) is 41.0 Å². The van der Waals surface area contributed by atoms with Crippen molar-refractivity contribution in [2.75, 3.05) is 0 Å². The molecule has 8 aromatic rings. The van der Waals surface area contributed by atoms with Gasteiger partial charge in [-0.25, -0.2) is 15.0 Å². The number of fused-ring (bicyclic) bond motifs is 2. The van der Waals surface area contributed by atoms with Gasteiger partial charge in [-0.2, -0.15) is 5.26 Å². The van der Waals surface area contributed by atoms with Crippen LogP contribution in [0.3, 0.4) is 0 Å². The van der Waals surface area contributed by atoms with Crippen LogP contribution in [0.15, 0.2) is 182 Å². The fourth-order valence-electron chi connectivity index (χ4n) is 7.36. The summed E-state index contributed by atoms with van der Waals surface area (Å²) in [7, 11) is 0. The monoisotopic (exact) mass is 666 g/mol. The molecule has 0 spiro atoms. The largest absolute Gasteiger partial charge is 0.456 e. The van der Waals surface area contributed by atoms with Crippen molar-refractivity contribution in [3.8, 4) is 62.9 Å². The number of nitrogens with zero attached hydrogens (tertiary/aromatic N) is 4. The molecule has 5 nitrogen and oxygen atoms in total. The lowest BCUT2D eigenvalue weighted by Gasteiger charge is -2.42. The van der Waals surface area contributed by atoms with Crippen LogP contribution in [-0.4, -0.2) is 15.0 Å². The normalized spacial score (nSPS) is 12.5. The van der Waals surface area contributed by atoms with Crippen LogP contribution in [0.2, 0.25) is 0 Å². The van der Waals surface area contributed by atoms with Crippen molar-refractivity contribution in [3.05, 3.63) is 210 Å². The SMILES string of the molecule is N#Cc1cccc(-c2nc(-c3ccccc3)nc(-c3cccc(-c4cccc5c4Oc4ccccc4C5(c4ccccc4)c4ccccc4)c3)n2)c1. The molecule has 7 aromatic carbocycles. The first-order valence-electron chi connectivity index (χ1n) is 17.2. The molecule has 0 fully saturated rings. The second kappa shape index (κ2) is 12.9. The van der Waals surface area contributed by atoms with E-state index in [1.807, 2.05) is 66.7 Å². The Morgan fingerprint density at radius 2 is 0.942 bits per heavy atom. The fourth-order valence-corrected chi connectivity index (χ4v) is 7.36. The average Bonchev–Trinajstić information content (AvgIpc) is 3.23. The van der Waals surface area contributed by atoms with E-state index < -0.39 is 5.41 Å². The van der Waals surface area contributed by atoms with Crippen LogP contribution >= 0.6 is 0 Å². The number of para-hydroxylation sites is 2. The van der Waals surface area contributed by atoms with E-state index in [-0.39, 0.29) is 0 Å². The highest BCUT2D eigenvalue weighted by molar-refractivity contribution is 5.81. The standard InChI is InChI=1S/C47H30N4O/c48-31-32-15-12-19-35(29-32)45-49-44(33-16-4-1-5-17-33)50-46(51-45)36-20-13-18-34(30-36)39-25-14-27-41-43(39)52-42-28-11-10-26-40(42)47(41,37-21-6-2-7-22-37)38-23-8-3-9-24-38/h1-30H. The minimum atomic E-state index is -0.619. The molecule has 52 heavy (non-hydrogen) atoms. The van der Waals surface area contributed by atoms with Crippen LogP contribution in [0.4, 0.5) is 0 Å². The van der Waals surface area contributed by atoms with Crippen LogP contribution in [0.25, 0.3) is 45.3 Å². The van der Waals surface area contributed by atoms with Crippen molar-refractivity contribution < 1.29 is 4.74 Å². The van der Waals surface area contributed by atoms with E-state index in [1.165, 1.54) is 0 Å². The molecule has 1 aromatic heterocycles. The third-order valence-corrected chi connectivity index (χ3v) is 9.68. The molecule has 1 aliphatic heterocycles. The summed E-state index contributed by atoms with van der Waals surface area (Å²) in [6, 6.07) is 63.9. The Morgan fingerprint density at radius 3 is 1.62 bits per heavy atom. The van der Waals surface area contributed by atoms with Crippen molar-refractivity contribution in [3.63, 3.8) is 0 Å². The van der Waals surface area contributed by atoms with Gasteiger partial charge >= 0.3 is 0 Å². The minimum Gasteiger partial charge on any atom is -0.456 e. The Bertz CT molecular complexity index is 2580. The Hall–Kier alpha value is -7.16. The van der Waals surface area contributed by atoms with E-state index >= 15 is 0 Å². The van der Waals surface area contributed by atoms with Crippen LogP contribution < -0.4 is 4.74 Å². The number of hydrogen-bond acceptors (Lipinski definition) is 5. The molecule has 0 bridgehead atoms. The summed E-state index contributed by atoms with van der Waals surface area (Å²) in [6.45, 7) is 0. The van der Waals surface area contributed by atoms with E-state index in [1.54, 1.807) is 6.07 Å². The number of hydrogen-bond donors (Lipinski definition) is 0. The fraction of sp³-hybridized carbons (Fsp3) is 0.0213. The van der Waals surface area contributed by atoms with Crippen LogP contribution in [0.1, 0.15) is 27.8 Å². The summed E-state index contributed by atoms with van der Waals surface area (Å²) in [5.41, 5.74) is 8.80. The molecule has 244 valence electrons. The Kier molecular flexibility index (Phi) is 7.68. The third kappa shape index (κ3) is 5.22. The molecule has 0 N–H and O–H groups in total. The van der Waals surface area contributed by atoms with Gasteiger partial charge in [-0.1, -0.05) is 158 Å². The molecule has 0 radical (unpaired) electrons. The summed E-state index contributed by atoms with van der Waals surface area (Å²) < 4.78 is 6.91. The Labute approximate surface area is 302 Å². The number of nitriles is 1.